The summed E-state index contributed by atoms with van der Waals surface area (Å²) >= 11 is 1.23. The van der Waals surface area contributed by atoms with Crippen molar-refractivity contribution in [3.63, 3.8) is 0 Å². The fraction of sp³-hybridized carbons (Fsp3) is 0.111. The van der Waals surface area contributed by atoms with Gasteiger partial charge in [-0.15, -0.1) is 11.3 Å². The van der Waals surface area contributed by atoms with Gasteiger partial charge in [0.1, 0.15) is 4.88 Å². The second-order valence-corrected chi connectivity index (χ2v) is 3.82. The van der Waals surface area contributed by atoms with Gasteiger partial charge >= 0.3 is 5.97 Å². The maximum Gasteiger partial charge on any atom is 0.345 e. The van der Waals surface area contributed by atoms with E-state index >= 15 is 0 Å². The Balaban J connectivity index is 2.38. The van der Waals surface area contributed by atoms with E-state index in [0.717, 1.165) is 11.1 Å². The first-order chi connectivity index (χ1) is 6.66. The van der Waals surface area contributed by atoms with Gasteiger partial charge in [-0.05, 0) is 17.0 Å². The lowest BCUT2D eigenvalue weighted by Crippen LogP contribution is -1.89. The molecule has 0 saturated heterocycles. The molecule has 4 nitrogen and oxygen atoms in total. The predicted molar refractivity (Wildman–Crippen MR) is 53.5 cm³/mol. The number of hydrogen-bond acceptors (Lipinski definition) is 3. The molecule has 2 heterocycles. The van der Waals surface area contributed by atoms with Crippen LogP contribution in [0.1, 0.15) is 9.67 Å². The van der Waals surface area contributed by atoms with Crippen molar-refractivity contribution in [1.82, 2.24) is 9.78 Å². The number of nitrogens with zero attached hydrogens (tertiary/aromatic N) is 2. The molecule has 2 aromatic heterocycles. The molecule has 0 saturated carbocycles. The summed E-state index contributed by atoms with van der Waals surface area (Å²) in [5.41, 5.74) is 1.84. The number of rotatable bonds is 2. The fourth-order valence-electron chi connectivity index (χ4n) is 1.17. The molecule has 5 heteroatoms. The topological polar surface area (TPSA) is 55.1 Å². The number of aryl methyl sites for hydroxylation is 1. The van der Waals surface area contributed by atoms with Crippen LogP contribution in [0.15, 0.2) is 23.8 Å². The summed E-state index contributed by atoms with van der Waals surface area (Å²) in [6.45, 7) is 0. The van der Waals surface area contributed by atoms with Gasteiger partial charge in [0, 0.05) is 18.8 Å². The highest BCUT2D eigenvalue weighted by Crippen LogP contribution is 2.24. The molecule has 0 atom stereocenters. The Bertz CT molecular complexity index is 473. The minimum atomic E-state index is -0.884. The van der Waals surface area contributed by atoms with Crippen LogP contribution in [0, 0.1) is 0 Å². The van der Waals surface area contributed by atoms with Gasteiger partial charge in [-0.3, -0.25) is 4.68 Å². The maximum absolute atomic E-state index is 10.6. The molecule has 0 bridgehead atoms. The van der Waals surface area contributed by atoms with Crippen LogP contribution in [-0.4, -0.2) is 20.9 Å². The van der Waals surface area contributed by atoms with Gasteiger partial charge in [-0.25, -0.2) is 4.79 Å². The summed E-state index contributed by atoms with van der Waals surface area (Å²) in [5, 5.41) is 14.6. The van der Waals surface area contributed by atoms with Crippen LogP contribution in [0.25, 0.3) is 11.1 Å². The molecule has 0 spiro atoms. The second kappa shape index (κ2) is 3.26. The van der Waals surface area contributed by atoms with Gasteiger partial charge in [0.25, 0.3) is 0 Å². The Morgan fingerprint density at radius 2 is 2.36 bits per heavy atom. The van der Waals surface area contributed by atoms with E-state index in [0.29, 0.717) is 4.88 Å². The van der Waals surface area contributed by atoms with Gasteiger partial charge in [0.2, 0.25) is 0 Å². The van der Waals surface area contributed by atoms with Crippen molar-refractivity contribution >= 4 is 17.3 Å². The number of hydrogen-bond donors (Lipinski definition) is 1. The lowest BCUT2D eigenvalue weighted by molar-refractivity contribution is 0.0702. The normalized spacial score (nSPS) is 10.4. The van der Waals surface area contributed by atoms with E-state index in [1.54, 1.807) is 16.9 Å². The minimum absolute atomic E-state index is 0.351. The van der Waals surface area contributed by atoms with Crippen molar-refractivity contribution in [2.45, 2.75) is 0 Å². The molecular formula is C9H8N2O2S. The van der Waals surface area contributed by atoms with Crippen LogP contribution in [0.2, 0.25) is 0 Å². The number of carboxylic acid groups (broad SMARTS) is 1. The van der Waals surface area contributed by atoms with Gasteiger partial charge < -0.3 is 5.11 Å². The van der Waals surface area contributed by atoms with E-state index in [2.05, 4.69) is 5.10 Å². The van der Waals surface area contributed by atoms with E-state index < -0.39 is 5.97 Å². The Hall–Kier alpha value is -1.62. The molecule has 14 heavy (non-hydrogen) atoms. The van der Waals surface area contributed by atoms with Crippen molar-refractivity contribution in [2.75, 3.05) is 0 Å². The van der Waals surface area contributed by atoms with Gasteiger partial charge in [-0.1, -0.05) is 0 Å². The zero-order valence-electron chi connectivity index (χ0n) is 7.47. The minimum Gasteiger partial charge on any atom is -0.477 e. The molecule has 0 radical (unpaired) electrons. The van der Waals surface area contributed by atoms with Crippen LogP contribution < -0.4 is 0 Å². The highest BCUT2D eigenvalue weighted by Gasteiger charge is 2.08. The standard InChI is InChI=1S/C9H8N2O2S/c1-11-4-7(3-10-11)6-2-8(9(12)13)14-5-6/h2-5H,1H3,(H,12,13). The molecule has 0 aliphatic rings. The number of carbonyl (C=O) groups is 1. The molecular weight excluding hydrogens is 200 g/mol. The molecule has 0 amide bonds. The monoisotopic (exact) mass is 208 g/mol. The Morgan fingerprint density at radius 1 is 1.57 bits per heavy atom. The molecule has 0 fully saturated rings. The summed E-state index contributed by atoms with van der Waals surface area (Å²) in [6.07, 6.45) is 3.57. The van der Waals surface area contributed by atoms with E-state index in [-0.39, 0.29) is 0 Å². The van der Waals surface area contributed by atoms with Crippen molar-refractivity contribution in [2.24, 2.45) is 7.05 Å². The molecule has 72 valence electrons. The third-order valence-corrected chi connectivity index (χ3v) is 2.77. The summed E-state index contributed by atoms with van der Waals surface area (Å²) in [4.78, 5) is 11.0. The quantitative estimate of drug-likeness (QED) is 0.819. The smallest absolute Gasteiger partial charge is 0.345 e. The molecule has 0 aliphatic heterocycles. The summed E-state index contributed by atoms with van der Waals surface area (Å²) in [5.74, 6) is -0.884. The van der Waals surface area contributed by atoms with Crippen LogP contribution in [0.4, 0.5) is 0 Å². The fourth-order valence-corrected chi connectivity index (χ4v) is 1.92. The maximum atomic E-state index is 10.6. The first-order valence-electron chi connectivity index (χ1n) is 3.97. The van der Waals surface area contributed by atoms with Crippen LogP contribution in [0.3, 0.4) is 0 Å². The Morgan fingerprint density at radius 3 is 2.86 bits per heavy atom. The molecule has 2 aromatic rings. The molecule has 0 aliphatic carbocycles. The Kier molecular flexibility index (Phi) is 2.09. The molecule has 2 rings (SSSR count). The third kappa shape index (κ3) is 1.54. The number of carboxylic acids is 1. The first kappa shape index (κ1) is 8.96. The van der Waals surface area contributed by atoms with Crippen molar-refractivity contribution in [1.29, 1.82) is 0 Å². The van der Waals surface area contributed by atoms with Crippen molar-refractivity contribution in [3.8, 4) is 11.1 Å². The predicted octanol–water partition coefficient (Wildman–Crippen LogP) is 1.85. The average molecular weight is 208 g/mol. The van der Waals surface area contributed by atoms with Gasteiger partial charge in [0.05, 0.1) is 6.20 Å². The van der Waals surface area contributed by atoms with E-state index in [9.17, 15) is 4.79 Å². The highest BCUT2D eigenvalue weighted by molar-refractivity contribution is 7.12. The lowest BCUT2D eigenvalue weighted by atomic mass is 10.2. The summed E-state index contributed by atoms with van der Waals surface area (Å²) < 4.78 is 1.69. The van der Waals surface area contributed by atoms with Crippen LogP contribution >= 0.6 is 11.3 Å². The van der Waals surface area contributed by atoms with Gasteiger partial charge in [0.15, 0.2) is 0 Å². The lowest BCUT2D eigenvalue weighted by Gasteiger charge is -1.87. The van der Waals surface area contributed by atoms with Crippen LogP contribution in [-0.2, 0) is 7.05 Å². The SMILES string of the molecule is Cn1cc(-c2csc(C(=O)O)c2)cn1. The molecule has 0 unspecified atom stereocenters. The average Bonchev–Trinajstić information content (AvgIpc) is 2.70. The van der Waals surface area contributed by atoms with Crippen LogP contribution in [0.5, 0.6) is 0 Å². The third-order valence-electron chi connectivity index (χ3n) is 1.85. The molecule has 1 N–H and O–H groups in total. The number of aromatic carboxylic acids is 1. The first-order valence-corrected chi connectivity index (χ1v) is 4.85. The number of aromatic nitrogens is 2. The van der Waals surface area contributed by atoms with Crippen molar-refractivity contribution in [3.05, 3.63) is 28.7 Å². The summed E-state index contributed by atoms with van der Waals surface area (Å²) in [7, 11) is 1.83. The van der Waals surface area contributed by atoms with E-state index in [4.69, 9.17) is 5.11 Å². The van der Waals surface area contributed by atoms with Gasteiger partial charge in [-0.2, -0.15) is 5.10 Å². The van der Waals surface area contributed by atoms with Crippen molar-refractivity contribution < 1.29 is 9.90 Å². The zero-order chi connectivity index (χ0) is 10.1. The van der Waals surface area contributed by atoms with E-state index in [1.807, 2.05) is 18.6 Å². The van der Waals surface area contributed by atoms with E-state index in [1.165, 1.54) is 11.3 Å². The summed E-state index contributed by atoms with van der Waals surface area (Å²) in [6, 6.07) is 1.66. The Labute approximate surface area is 84.4 Å². The highest BCUT2D eigenvalue weighted by atomic mass is 32.1. The number of thiophene rings is 1. The second-order valence-electron chi connectivity index (χ2n) is 2.91. The largest absolute Gasteiger partial charge is 0.477 e. The molecule has 0 aromatic carbocycles. The zero-order valence-corrected chi connectivity index (χ0v) is 8.28.